The van der Waals surface area contributed by atoms with E-state index in [1.54, 1.807) is 0 Å². The van der Waals surface area contributed by atoms with Crippen molar-refractivity contribution in [1.29, 1.82) is 0 Å². The summed E-state index contributed by atoms with van der Waals surface area (Å²) >= 11 is 0. The molecule has 0 aromatic carbocycles. The Hall–Kier alpha value is -0.930. The fourth-order valence-electron chi connectivity index (χ4n) is 2.55. The van der Waals surface area contributed by atoms with Crippen LogP contribution < -0.4 is 5.32 Å². The zero-order valence-corrected chi connectivity index (χ0v) is 10.5. The monoisotopic (exact) mass is 234 g/mol. The van der Waals surface area contributed by atoms with Gasteiger partial charge in [-0.05, 0) is 43.4 Å². The minimum Gasteiger partial charge on any atom is -0.396 e. The van der Waals surface area contributed by atoms with Gasteiger partial charge in [0.05, 0.1) is 11.7 Å². The first-order valence-electron chi connectivity index (χ1n) is 6.63. The summed E-state index contributed by atoms with van der Waals surface area (Å²) < 4.78 is 0. The number of hydrogen-bond donors (Lipinski definition) is 2. The highest BCUT2D eigenvalue weighted by molar-refractivity contribution is 5.27. The van der Waals surface area contributed by atoms with Crippen molar-refractivity contribution in [3.8, 4) is 0 Å². The van der Waals surface area contributed by atoms with Crippen LogP contribution in [0.15, 0.2) is 18.3 Å². The van der Waals surface area contributed by atoms with Gasteiger partial charge in [-0.15, -0.1) is 0 Å². The second-order valence-corrected chi connectivity index (χ2v) is 4.83. The molecule has 1 aliphatic carbocycles. The van der Waals surface area contributed by atoms with E-state index < -0.39 is 0 Å². The average Bonchev–Trinajstić information content (AvgIpc) is 2.78. The van der Waals surface area contributed by atoms with Gasteiger partial charge in [0.25, 0.3) is 0 Å². The van der Waals surface area contributed by atoms with Gasteiger partial charge in [0.15, 0.2) is 0 Å². The molecule has 94 valence electrons. The molecule has 0 saturated carbocycles. The number of nitrogens with zero attached hydrogens (tertiary/aromatic N) is 1. The molecule has 2 unspecified atom stereocenters. The molecule has 1 aromatic rings. The predicted octanol–water partition coefficient (Wildman–Crippen LogP) is 2.07. The third-order valence-corrected chi connectivity index (χ3v) is 3.73. The van der Waals surface area contributed by atoms with E-state index in [-0.39, 0.29) is 0 Å². The summed E-state index contributed by atoms with van der Waals surface area (Å²) in [6.07, 6.45) is 6.18. The van der Waals surface area contributed by atoms with E-state index in [1.807, 2.05) is 12.3 Å². The van der Waals surface area contributed by atoms with Crippen molar-refractivity contribution in [3.05, 3.63) is 29.6 Å². The zero-order valence-electron chi connectivity index (χ0n) is 10.5. The van der Waals surface area contributed by atoms with E-state index in [0.29, 0.717) is 18.6 Å². The number of aliphatic hydroxyl groups excluding tert-OH is 1. The highest BCUT2D eigenvalue weighted by Gasteiger charge is 2.23. The maximum atomic E-state index is 8.98. The Balaban J connectivity index is 1.89. The lowest BCUT2D eigenvalue weighted by Gasteiger charge is -2.18. The number of pyridine rings is 1. The van der Waals surface area contributed by atoms with E-state index >= 15 is 0 Å². The molecule has 0 radical (unpaired) electrons. The molecule has 0 saturated heterocycles. The summed E-state index contributed by atoms with van der Waals surface area (Å²) in [5.41, 5.74) is 2.62. The van der Waals surface area contributed by atoms with Gasteiger partial charge in [-0.3, -0.25) is 4.98 Å². The minimum atomic E-state index is 0.291. The van der Waals surface area contributed by atoms with E-state index in [1.165, 1.54) is 11.3 Å². The van der Waals surface area contributed by atoms with Gasteiger partial charge in [-0.2, -0.15) is 0 Å². The van der Waals surface area contributed by atoms with Crippen molar-refractivity contribution in [3.63, 3.8) is 0 Å². The number of fused-ring (bicyclic) bond motifs is 1. The number of aromatic nitrogens is 1. The molecule has 1 aliphatic rings. The van der Waals surface area contributed by atoms with Crippen LogP contribution in [-0.2, 0) is 6.42 Å². The van der Waals surface area contributed by atoms with Gasteiger partial charge in [-0.25, -0.2) is 0 Å². The zero-order chi connectivity index (χ0) is 12.1. The van der Waals surface area contributed by atoms with Gasteiger partial charge >= 0.3 is 0 Å². The second-order valence-electron chi connectivity index (χ2n) is 4.83. The quantitative estimate of drug-likeness (QED) is 0.792. The maximum absolute atomic E-state index is 8.98. The minimum absolute atomic E-state index is 0.291. The van der Waals surface area contributed by atoms with E-state index in [0.717, 1.165) is 32.2 Å². The van der Waals surface area contributed by atoms with Gasteiger partial charge in [0.1, 0.15) is 0 Å². The van der Waals surface area contributed by atoms with Gasteiger partial charge < -0.3 is 10.4 Å². The Bertz CT molecular complexity index is 354. The molecule has 0 spiro atoms. The molecule has 0 bridgehead atoms. The van der Waals surface area contributed by atoms with E-state index in [4.69, 9.17) is 5.11 Å². The van der Waals surface area contributed by atoms with Crippen LogP contribution in [0.1, 0.15) is 43.5 Å². The van der Waals surface area contributed by atoms with Gasteiger partial charge in [-0.1, -0.05) is 19.4 Å². The van der Waals surface area contributed by atoms with Crippen LogP contribution in [0.2, 0.25) is 0 Å². The number of nitrogens with one attached hydrogen (secondary N) is 1. The van der Waals surface area contributed by atoms with Crippen molar-refractivity contribution >= 4 is 0 Å². The summed E-state index contributed by atoms with van der Waals surface area (Å²) in [5, 5.41) is 12.6. The molecule has 0 amide bonds. The molecule has 1 aromatic heterocycles. The number of aliphatic hydroxyl groups is 1. The molecule has 2 N–H and O–H groups in total. The standard InChI is InChI=1S/C14H22N2O/c1-2-11(7-9-17)10-16-13-6-5-12-4-3-8-15-14(12)13/h3-4,8,11,13,16-17H,2,5-7,9-10H2,1H3. The van der Waals surface area contributed by atoms with Crippen LogP contribution in [0.4, 0.5) is 0 Å². The molecular formula is C14H22N2O. The average molecular weight is 234 g/mol. The normalized spacial score (nSPS) is 20.2. The number of aryl methyl sites for hydroxylation is 1. The molecule has 1 heterocycles. The molecule has 3 nitrogen and oxygen atoms in total. The molecule has 0 aliphatic heterocycles. The van der Waals surface area contributed by atoms with Crippen molar-refractivity contribution in [2.24, 2.45) is 5.92 Å². The van der Waals surface area contributed by atoms with Crippen molar-refractivity contribution in [2.45, 2.75) is 38.6 Å². The van der Waals surface area contributed by atoms with Crippen LogP contribution in [0, 0.1) is 5.92 Å². The fraction of sp³-hybridized carbons (Fsp3) is 0.643. The summed E-state index contributed by atoms with van der Waals surface area (Å²) in [5.74, 6) is 0.577. The fourth-order valence-corrected chi connectivity index (χ4v) is 2.55. The maximum Gasteiger partial charge on any atom is 0.0605 e. The summed E-state index contributed by atoms with van der Waals surface area (Å²) in [6.45, 7) is 3.46. The summed E-state index contributed by atoms with van der Waals surface area (Å²) in [4.78, 5) is 4.48. The van der Waals surface area contributed by atoms with Crippen LogP contribution in [0.25, 0.3) is 0 Å². The first-order valence-corrected chi connectivity index (χ1v) is 6.63. The largest absolute Gasteiger partial charge is 0.396 e. The van der Waals surface area contributed by atoms with Crippen molar-refractivity contribution in [2.75, 3.05) is 13.2 Å². The van der Waals surface area contributed by atoms with Crippen LogP contribution >= 0.6 is 0 Å². The lowest BCUT2D eigenvalue weighted by Crippen LogP contribution is -2.27. The molecule has 0 fully saturated rings. The van der Waals surface area contributed by atoms with Crippen LogP contribution in [-0.4, -0.2) is 23.2 Å². The van der Waals surface area contributed by atoms with Gasteiger partial charge in [0, 0.05) is 12.8 Å². The van der Waals surface area contributed by atoms with E-state index in [9.17, 15) is 0 Å². The van der Waals surface area contributed by atoms with Crippen LogP contribution in [0.3, 0.4) is 0 Å². The van der Waals surface area contributed by atoms with Crippen molar-refractivity contribution < 1.29 is 5.11 Å². The lowest BCUT2D eigenvalue weighted by atomic mass is 10.0. The third-order valence-electron chi connectivity index (χ3n) is 3.73. The Morgan fingerprint density at radius 2 is 2.47 bits per heavy atom. The first kappa shape index (κ1) is 12.5. The highest BCUT2D eigenvalue weighted by atomic mass is 16.3. The van der Waals surface area contributed by atoms with Crippen LogP contribution in [0.5, 0.6) is 0 Å². The molecule has 3 heteroatoms. The predicted molar refractivity (Wildman–Crippen MR) is 68.8 cm³/mol. The smallest absolute Gasteiger partial charge is 0.0605 e. The Labute approximate surface area is 103 Å². The summed E-state index contributed by atoms with van der Waals surface area (Å²) in [7, 11) is 0. The SMILES string of the molecule is CCC(CCO)CNC1CCc2cccnc21. The van der Waals surface area contributed by atoms with Gasteiger partial charge in [0.2, 0.25) is 0 Å². The third kappa shape index (κ3) is 3.05. The molecule has 17 heavy (non-hydrogen) atoms. The highest BCUT2D eigenvalue weighted by Crippen LogP contribution is 2.28. The molecular weight excluding hydrogens is 212 g/mol. The van der Waals surface area contributed by atoms with Crippen molar-refractivity contribution in [1.82, 2.24) is 10.3 Å². The first-order chi connectivity index (χ1) is 8.35. The lowest BCUT2D eigenvalue weighted by molar-refractivity contribution is 0.248. The molecule has 2 atom stereocenters. The summed E-state index contributed by atoms with van der Waals surface area (Å²) in [6, 6.07) is 4.61. The number of rotatable bonds is 6. The Kier molecular flexibility index (Phi) is 4.51. The number of hydrogen-bond acceptors (Lipinski definition) is 3. The van der Waals surface area contributed by atoms with E-state index in [2.05, 4.69) is 23.3 Å². The Morgan fingerprint density at radius 3 is 3.24 bits per heavy atom. The molecule has 2 rings (SSSR count). The second kappa shape index (κ2) is 6.12. The Morgan fingerprint density at radius 1 is 1.59 bits per heavy atom. The topological polar surface area (TPSA) is 45.1 Å².